The molecule has 15 heavy (non-hydrogen) atoms. The molecule has 0 N–H and O–H groups in total. The van der Waals surface area contributed by atoms with Gasteiger partial charge in [-0.15, -0.1) is 0 Å². The molecule has 82 valence electrons. The predicted molar refractivity (Wildman–Crippen MR) is 58.4 cm³/mol. The van der Waals surface area contributed by atoms with Gasteiger partial charge in [0.15, 0.2) is 0 Å². The predicted octanol–water partition coefficient (Wildman–Crippen LogP) is 3.10. The molecule has 1 fully saturated rings. The number of halogens is 1. The van der Waals surface area contributed by atoms with Crippen LogP contribution in [0.25, 0.3) is 0 Å². The van der Waals surface area contributed by atoms with Crippen LogP contribution >= 0.6 is 0 Å². The van der Waals surface area contributed by atoms with Crippen LogP contribution in [0.4, 0.5) is 4.39 Å². The highest BCUT2D eigenvalue weighted by Crippen LogP contribution is 2.22. The number of ether oxygens (including phenoxy) is 1. The standard InChI is InChI=1S/C13H17FO/c1-10-8-13(14)3-2-12(10)9-11-4-6-15-7-5-11/h2-3,8,11H,4-7,9H2,1H3. The lowest BCUT2D eigenvalue weighted by molar-refractivity contribution is 0.0665. The lowest BCUT2D eigenvalue weighted by Crippen LogP contribution is -2.17. The second-order valence-electron chi connectivity index (χ2n) is 4.33. The van der Waals surface area contributed by atoms with Crippen molar-refractivity contribution in [1.82, 2.24) is 0 Å². The summed E-state index contributed by atoms with van der Waals surface area (Å²) in [6.45, 7) is 3.74. The van der Waals surface area contributed by atoms with Gasteiger partial charge in [0.2, 0.25) is 0 Å². The van der Waals surface area contributed by atoms with Gasteiger partial charge in [0.1, 0.15) is 5.82 Å². The molecule has 0 atom stereocenters. The first-order valence-corrected chi connectivity index (χ1v) is 5.58. The lowest BCUT2D eigenvalue weighted by atomic mass is 9.90. The molecule has 1 aromatic rings. The number of hydrogen-bond donors (Lipinski definition) is 0. The fraction of sp³-hybridized carbons (Fsp3) is 0.538. The molecule has 0 aromatic heterocycles. The summed E-state index contributed by atoms with van der Waals surface area (Å²) in [5.74, 6) is 0.575. The summed E-state index contributed by atoms with van der Waals surface area (Å²) in [5.41, 5.74) is 2.35. The first-order valence-electron chi connectivity index (χ1n) is 5.58. The average Bonchev–Trinajstić information content (AvgIpc) is 2.24. The van der Waals surface area contributed by atoms with E-state index in [-0.39, 0.29) is 5.82 Å². The molecule has 1 aromatic carbocycles. The topological polar surface area (TPSA) is 9.23 Å². The van der Waals surface area contributed by atoms with Gasteiger partial charge in [-0.3, -0.25) is 0 Å². The van der Waals surface area contributed by atoms with Crippen LogP contribution < -0.4 is 0 Å². The SMILES string of the molecule is Cc1cc(F)ccc1CC1CCOCC1. The van der Waals surface area contributed by atoms with Gasteiger partial charge in [-0.1, -0.05) is 6.07 Å². The zero-order valence-corrected chi connectivity index (χ0v) is 9.13. The largest absolute Gasteiger partial charge is 0.381 e. The van der Waals surface area contributed by atoms with E-state index < -0.39 is 0 Å². The molecule has 1 saturated heterocycles. The van der Waals surface area contributed by atoms with Crippen molar-refractivity contribution in [3.05, 3.63) is 35.1 Å². The molecule has 0 bridgehead atoms. The third-order valence-corrected chi connectivity index (χ3v) is 3.15. The summed E-state index contributed by atoms with van der Waals surface area (Å²) in [6.07, 6.45) is 3.34. The fourth-order valence-electron chi connectivity index (χ4n) is 2.15. The van der Waals surface area contributed by atoms with E-state index in [0.717, 1.165) is 38.0 Å². The minimum absolute atomic E-state index is 0.136. The zero-order chi connectivity index (χ0) is 10.7. The third kappa shape index (κ3) is 2.78. The Balaban J connectivity index is 2.03. The molecule has 1 aliphatic rings. The van der Waals surface area contributed by atoms with Crippen molar-refractivity contribution >= 4 is 0 Å². The molecule has 0 radical (unpaired) electrons. The van der Waals surface area contributed by atoms with Crippen molar-refractivity contribution in [1.29, 1.82) is 0 Å². The molecule has 2 rings (SSSR count). The van der Waals surface area contributed by atoms with Crippen molar-refractivity contribution in [3.63, 3.8) is 0 Å². The van der Waals surface area contributed by atoms with Gasteiger partial charge in [-0.25, -0.2) is 4.39 Å². The van der Waals surface area contributed by atoms with E-state index >= 15 is 0 Å². The van der Waals surface area contributed by atoms with Gasteiger partial charge in [-0.2, -0.15) is 0 Å². The Labute approximate surface area is 90.3 Å². The highest BCUT2D eigenvalue weighted by Gasteiger charge is 2.15. The highest BCUT2D eigenvalue weighted by atomic mass is 19.1. The Hall–Kier alpha value is -0.890. The van der Waals surface area contributed by atoms with E-state index in [0.29, 0.717) is 5.92 Å². The monoisotopic (exact) mass is 208 g/mol. The quantitative estimate of drug-likeness (QED) is 0.725. The van der Waals surface area contributed by atoms with Crippen LogP contribution in [-0.2, 0) is 11.2 Å². The molecule has 2 heteroatoms. The van der Waals surface area contributed by atoms with Crippen molar-refractivity contribution in [2.24, 2.45) is 5.92 Å². The van der Waals surface area contributed by atoms with Gasteiger partial charge in [0.05, 0.1) is 0 Å². The van der Waals surface area contributed by atoms with E-state index in [1.54, 1.807) is 12.1 Å². The fourth-order valence-corrected chi connectivity index (χ4v) is 2.15. The van der Waals surface area contributed by atoms with Crippen LogP contribution in [0.2, 0.25) is 0 Å². The summed E-state index contributed by atoms with van der Waals surface area (Å²) in [7, 11) is 0. The number of aryl methyl sites for hydroxylation is 1. The Morgan fingerprint density at radius 2 is 2.07 bits per heavy atom. The molecule has 0 aliphatic carbocycles. The summed E-state index contributed by atoms with van der Waals surface area (Å²) in [6, 6.07) is 5.09. The van der Waals surface area contributed by atoms with Crippen LogP contribution in [0.15, 0.2) is 18.2 Å². The van der Waals surface area contributed by atoms with Gasteiger partial charge in [0, 0.05) is 13.2 Å². The minimum Gasteiger partial charge on any atom is -0.381 e. The molecule has 1 nitrogen and oxygen atoms in total. The molecular weight excluding hydrogens is 191 g/mol. The molecule has 0 spiro atoms. The maximum atomic E-state index is 12.9. The van der Waals surface area contributed by atoms with Crippen LogP contribution in [0.1, 0.15) is 24.0 Å². The lowest BCUT2D eigenvalue weighted by Gasteiger charge is -2.22. The first-order chi connectivity index (χ1) is 7.25. The third-order valence-electron chi connectivity index (χ3n) is 3.15. The highest BCUT2D eigenvalue weighted by molar-refractivity contribution is 5.26. The first kappa shape index (κ1) is 10.6. The Morgan fingerprint density at radius 1 is 1.33 bits per heavy atom. The van der Waals surface area contributed by atoms with Crippen LogP contribution in [0.5, 0.6) is 0 Å². The normalized spacial score (nSPS) is 18.0. The van der Waals surface area contributed by atoms with Gasteiger partial charge in [-0.05, 0) is 55.4 Å². The number of rotatable bonds is 2. The summed E-state index contributed by atoms with van der Waals surface area (Å²) in [5, 5.41) is 0. The van der Waals surface area contributed by atoms with Crippen LogP contribution in [-0.4, -0.2) is 13.2 Å². The number of benzene rings is 1. The maximum Gasteiger partial charge on any atom is 0.123 e. The van der Waals surface area contributed by atoms with Gasteiger partial charge < -0.3 is 4.74 Å². The number of hydrogen-bond acceptors (Lipinski definition) is 1. The van der Waals surface area contributed by atoms with Crippen molar-refractivity contribution < 1.29 is 9.13 Å². The van der Waals surface area contributed by atoms with E-state index in [2.05, 4.69) is 0 Å². The van der Waals surface area contributed by atoms with Crippen LogP contribution in [0.3, 0.4) is 0 Å². The minimum atomic E-state index is -0.136. The summed E-state index contributed by atoms with van der Waals surface area (Å²) >= 11 is 0. The second-order valence-corrected chi connectivity index (χ2v) is 4.33. The van der Waals surface area contributed by atoms with Crippen molar-refractivity contribution in [3.8, 4) is 0 Å². The molecule has 1 heterocycles. The molecule has 0 unspecified atom stereocenters. The zero-order valence-electron chi connectivity index (χ0n) is 9.13. The van der Waals surface area contributed by atoms with E-state index in [9.17, 15) is 4.39 Å². The summed E-state index contributed by atoms with van der Waals surface area (Å²) in [4.78, 5) is 0. The van der Waals surface area contributed by atoms with Crippen LogP contribution in [0, 0.1) is 18.7 Å². The molecule has 1 aliphatic heterocycles. The van der Waals surface area contributed by atoms with E-state index in [4.69, 9.17) is 4.74 Å². The van der Waals surface area contributed by atoms with E-state index in [1.165, 1.54) is 5.56 Å². The molecule has 0 saturated carbocycles. The Kier molecular flexibility index (Phi) is 3.37. The smallest absolute Gasteiger partial charge is 0.123 e. The maximum absolute atomic E-state index is 12.9. The molecular formula is C13H17FO. The van der Waals surface area contributed by atoms with Crippen molar-refractivity contribution in [2.75, 3.05) is 13.2 Å². The van der Waals surface area contributed by atoms with E-state index in [1.807, 2.05) is 13.0 Å². The molecule has 0 amide bonds. The van der Waals surface area contributed by atoms with Gasteiger partial charge in [0.25, 0.3) is 0 Å². The Morgan fingerprint density at radius 3 is 2.73 bits per heavy atom. The van der Waals surface area contributed by atoms with Gasteiger partial charge >= 0.3 is 0 Å². The average molecular weight is 208 g/mol. The summed E-state index contributed by atoms with van der Waals surface area (Å²) < 4.78 is 18.2. The Bertz CT molecular complexity index is 329. The second kappa shape index (κ2) is 4.75. The van der Waals surface area contributed by atoms with Crippen molar-refractivity contribution in [2.45, 2.75) is 26.2 Å².